The highest BCUT2D eigenvalue weighted by molar-refractivity contribution is 5.92. The Kier molecular flexibility index (Phi) is 2.11. The molecular weight excluding hydrogens is 196 g/mol. The number of hydrogen-bond donors (Lipinski definition) is 2. The third kappa shape index (κ3) is 1.54. The molecule has 0 amide bonds. The standard InChI is InChI=1S/C11H10O4/c1-6-4-7-2-3-8(11(13)14)10(12)9(7)5-15-6/h2-4,12H,5H2,1H3,(H,13,14). The summed E-state index contributed by atoms with van der Waals surface area (Å²) in [5.74, 6) is -0.588. The van der Waals surface area contributed by atoms with Crippen LogP contribution in [0.15, 0.2) is 17.9 Å². The minimum Gasteiger partial charge on any atom is -0.507 e. The van der Waals surface area contributed by atoms with Gasteiger partial charge in [0, 0.05) is 5.56 Å². The van der Waals surface area contributed by atoms with Gasteiger partial charge >= 0.3 is 5.97 Å². The molecule has 0 saturated heterocycles. The summed E-state index contributed by atoms with van der Waals surface area (Å²) in [7, 11) is 0. The lowest BCUT2D eigenvalue weighted by atomic mass is 10.0. The molecule has 0 aliphatic carbocycles. The van der Waals surface area contributed by atoms with Crippen molar-refractivity contribution in [2.75, 3.05) is 0 Å². The van der Waals surface area contributed by atoms with Crippen molar-refractivity contribution >= 4 is 12.0 Å². The SMILES string of the molecule is CC1=Cc2ccc(C(=O)O)c(O)c2CO1. The van der Waals surface area contributed by atoms with Gasteiger partial charge in [-0.25, -0.2) is 4.79 Å². The number of carboxylic acid groups (broad SMARTS) is 1. The van der Waals surface area contributed by atoms with E-state index in [0.717, 1.165) is 11.3 Å². The van der Waals surface area contributed by atoms with E-state index in [1.54, 1.807) is 12.1 Å². The van der Waals surface area contributed by atoms with Crippen LogP contribution in [0.2, 0.25) is 0 Å². The number of benzene rings is 1. The molecule has 78 valence electrons. The average molecular weight is 206 g/mol. The second kappa shape index (κ2) is 3.31. The number of hydrogen-bond acceptors (Lipinski definition) is 3. The molecule has 0 spiro atoms. The van der Waals surface area contributed by atoms with E-state index in [9.17, 15) is 9.90 Å². The highest BCUT2D eigenvalue weighted by Gasteiger charge is 2.18. The van der Waals surface area contributed by atoms with Crippen LogP contribution in [0.4, 0.5) is 0 Å². The maximum atomic E-state index is 10.8. The number of aromatic carboxylic acids is 1. The topological polar surface area (TPSA) is 66.8 Å². The van der Waals surface area contributed by atoms with Crippen molar-refractivity contribution in [3.05, 3.63) is 34.6 Å². The Labute approximate surface area is 86.4 Å². The number of carboxylic acids is 1. The Morgan fingerprint density at radius 2 is 2.20 bits per heavy atom. The zero-order chi connectivity index (χ0) is 11.0. The number of ether oxygens (including phenoxy) is 1. The van der Waals surface area contributed by atoms with Gasteiger partial charge in [-0.2, -0.15) is 0 Å². The molecule has 1 aliphatic rings. The first-order chi connectivity index (χ1) is 7.09. The molecule has 2 rings (SSSR count). The molecule has 2 N–H and O–H groups in total. The summed E-state index contributed by atoms with van der Waals surface area (Å²) in [6.45, 7) is 2.02. The van der Waals surface area contributed by atoms with Crippen LogP contribution in [0, 0.1) is 0 Å². The molecule has 1 aromatic carbocycles. The predicted molar refractivity (Wildman–Crippen MR) is 53.5 cm³/mol. The Balaban J connectivity index is 2.60. The average Bonchev–Trinajstić information content (AvgIpc) is 2.17. The monoisotopic (exact) mass is 206 g/mol. The fourth-order valence-electron chi connectivity index (χ4n) is 1.56. The van der Waals surface area contributed by atoms with Gasteiger partial charge in [-0.05, 0) is 24.6 Å². The maximum Gasteiger partial charge on any atom is 0.339 e. The molecule has 4 nitrogen and oxygen atoms in total. The van der Waals surface area contributed by atoms with Gasteiger partial charge in [-0.3, -0.25) is 0 Å². The van der Waals surface area contributed by atoms with Crippen LogP contribution in [-0.4, -0.2) is 16.2 Å². The molecule has 0 radical (unpaired) electrons. The molecule has 0 fully saturated rings. The Morgan fingerprint density at radius 3 is 2.87 bits per heavy atom. The van der Waals surface area contributed by atoms with E-state index in [2.05, 4.69) is 0 Å². The largest absolute Gasteiger partial charge is 0.507 e. The lowest BCUT2D eigenvalue weighted by Crippen LogP contribution is -2.05. The zero-order valence-electron chi connectivity index (χ0n) is 8.15. The molecule has 1 aliphatic heterocycles. The summed E-state index contributed by atoms with van der Waals surface area (Å²) < 4.78 is 5.23. The number of carbonyl (C=O) groups is 1. The van der Waals surface area contributed by atoms with Crippen LogP contribution < -0.4 is 0 Å². The van der Waals surface area contributed by atoms with Crippen molar-refractivity contribution in [1.82, 2.24) is 0 Å². The minimum atomic E-state index is -1.14. The lowest BCUT2D eigenvalue weighted by molar-refractivity contribution is 0.0693. The molecule has 0 atom stereocenters. The highest BCUT2D eigenvalue weighted by atomic mass is 16.5. The first kappa shape index (κ1) is 9.58. The van der Waals surface area contributed by atoms with Crippen LogP contribution in [0.1, 0.15) is 28.4 Å². The van der Waals surface area contributed by atoms with Gasteiger partial charge in [0.05, 0.1) is 5.76 Å². The molecule has 1 aromatic rings. The van der Waals surface area contributed by atoms with E-state index in [1.807, 2.05) is 6.92 Å². The van der Waals surface area contributed by atoms with E-state index in [-0.39, 0.29) is 17.9 Å². The van der Waals surface area contributed by atoms with Gasteiger partial charge in [-0.15, -0.1) is 0 Å². The molecule has 0 bridgehead atoms. The van der Waals surface area contributed by atoms with Crippen LogP contribution in [0.25, 0.3) is 6.08 Å². The van der Waals surface area contributed by atoms with Crippen molar-refractivity contribution in [2.24, 2.45) is 0 Å². The fourth-order valence-corrected chi connectivity index (χ4v) is 1.56. The van der Waals surface area contributed by atoms with Crippen LogP contribution in [0.3, 0.4) is 0 Å². The summed E-state index contributed by atoms with van der Waals surface area (Å²) in [6.07, 6.45) is 1.77. The molecule has 0 saturated carbocycles. The van der Waals surface area contributed by atoms with Crippen molar-refractivity contribution in [3.63, 3.8) is 0 Å². The Morgan fingerprint density at radius 1 is 1.47 bits per heavy atom. The summed E-state index contributed by atoms with van der Waals surface area (Å²) >= 11 is 0. The van der Waals surface area contributed by atoms with E-state index < -0.39 is 5.97 Å². The number of aromatic hydroxyl groups is 1. The van der Waals surface area contributed by atoms with Gasteiger partial charge in [0.1, 0.15) is 17.9 Å². The zero-order valence-corrected chi connectivity index (χ0v) is 8.15. The van der Waals surface area contributed by atoms with Gasteiger partial charge in [0.2, 0.25) is 0 Å². The molecule has 0 aromatic heterocycles. The van der Waals surface area contributed by atoms with E-state index >= 15 is 0 Å². The van der Waals surface area contributed by atoms with Crippen molar-refractivity contribution < 1.29 is 19.7 Å². The third-order valence-electron chi connectivity index (χ3n) is 2.35. The van der Waals surface area contributed by atoms with Gasteiger partial charge < -0.3 is 14.9 Å². The normalized spacial score (nSPS) is 13.8. The second-order valence-electron chi connectivity index (χ2n) is 3.38. The first-order valence-corrected chi connectivity index (χ1v) is 4.49. The first-order valence-electron chi connectivity index (χ1n) is 4.49. The summed E-state index contributed by atoms with van der Waals surface area (Å²) in [4.78, 5) is 10.8. The molecular formula is C11H10O4. The second-order valence-corrected chi connectivity index (χ2v) is 3.38. The summed E-state index contributed by atoms with van der Waals surface area (Å²) in [6, 6.07) is 3.07. The number of fused-ring (bicyclic) bond motifs is 1. The number of phenols is 1. The highest BCUT2D eigenvalue weighted by Crippen LogP contribution is 2.31. The van der Waals surface area contributed by atoms with Crippen LogP contribution >= 0.6 is 0 Å². The Hall–Kier alpha value is -1.97. The number of allylic oxidation sites excluding steroid dienone is 1. The molecule has 0 unspecified atom stereocenters. The van der Waals surface area contributed by atoms with E-state index in [0.29, 0.717) is 5.56 Å². The third-order valence-corrected chi connectivity index (χ3v) is 2.35. The smallest absolute Gasteiger partial charge is 0.339 e. The Bertz CT molecular complexity index is 460. The van der Waals surface area contributed by atoms with Crippen molar-refractivity contribution in [2.45, 2.75) is 13.5 Å². The van der Waals surface area contributed by atoms with Crippen LogP contribution in [-0.2, 0) is 11.3 Å². The van der Waals surface area contributed by atoms with E-state index in [4.69, 9.17) is 9.84 Å². The minimum absolute atomic E-state index is 0.0923. The van der Waals surface area contributed by atoms with Gasteiger partial charge in [0.15, 0.2) is 0 Å². The number of rotatable bonds is 1. The molecule has 15 heavy (non-hydrogen) atoms. The maximum absolute atomic E-state index is 10.8. The summed E-state index contributed by atoms with van der Waals surface area (Å²) in [5, 5.41) is 18.5. The van der Waals surface area contributed by atoms with Crippen molar-refractivity contribution in [1.29, 1.82) is 0 Å². The summed E-state index contributed by atoms with van der Waals surface area (Å²) in [5.41, 5.74) is 1.24. The predicted octanol–water partition coefficient (Wildman–Crippen LogP) is 1.98. The van der Waals surface area contributed by atoms with Gasteiger partial charge in [0.25, 0.3) is 0 Å². The quantitative estimate of drug-likeness (QED) is 0.737. The molecule has 4 heteroatoms. The molecule has 1 heterocycles. The van der Waals surface area contributed by atoms with Gasteiger partial charge in [-0.1, -0.05) is 6.07 Å². The van der Waals surface area contributed by atoms with E-state index in [1.165, 1.54) is 6.07 Å². The lowest BCUT2D eigenvalue weighted by Gasteiger charge is -2.17. The van der Waals surface area contributed by atoms with Crippen LogP contribution in [0.5, 0.6) is 5.75 Å². The van der Waals surface area contributed by atoms with Crippen molar-refractivity contribution in [3.8, 4) is 5.75 Å². The fraction of sp³-hybridized carbons (Fsp3) is 0.182.